The maximum absolute atomic E-state index is 11.8. The second kappa shape index (κ2) is 9.07. The second-order valence-electron chi connectivity index (χ2n) is 5.52. The van der Waals surface area contributed by atoms with E-state index in [-0.39, 0.29) is 12.0 Å². The molecule has 0 saturated heterocycles. The Hall–Kier alpha value is -2.04. The van der Waals surface area contributed by atoms with E-state index in [0.717, 1.165) is 24.8 Å². The molecule has 0 bridgehead atoms. The fourth-order valence-electron chi connectivity index (χ4n) is 2.17. The summed E-state index contributed by atoms with van der Waals surface area (Å²) in [7, 11) is 0. The van der Waals surface area contributed by atoms with Gasteiger partial charge in [0, 0.05) is 17.8 Å². The number of carbonyl (C=O) groups is 2. The van der Waals surface area contributed by atoms with E-state index >= 15 is 0 Å². The summed E-state index contributed by atoms with van der Waals surface area (Å²) in [5.41, 5.74) is 2.24. The van der Waals surface area contributed by atoms with Crippen LogP contribution < -0.4 is 10.6 Å². The number of hydrogen-bond acceptors (Lipinski definition) is 3. The van der Waals surface area contributed by atoms with Crippen molar-refractivity contribution in [3.05, 3.63) is 23.8 Å². The van der Waals surface area contributed by atoms with Gasteiger partial charge in [-0.3, -0.25) is 10.1 Å². The van der Waals surface area contributed by atoms with Crippen LogP contribution in [0.25, 0.3) is 0 Å². The van der Waals surface area contributed by atoms with Crippen LogP contribution in [0.1, 0.15) is 52.0 Å². The molecule has 0 saturated carbocycles. The second-order valence-corrected chi connectivity index (χ2v) is 5.52. The average Bonchev–Trinajstić information content (AvgIpc) is 2.37. The van der Waals surface area contributed by atoms with Crippen molar-refractivity contribution in [1.29, 1.82) is 0 Å². The highest BCUT2D eigenvalue weighted by Crippen LogP contribution is 2.19. The number of ether oxygens (including phenoxy) is 1. The summed E-state index contributed by atoms with van der Waals surface area (Å²) >= 11 is 0. The Morgan fingerprint density at radius 1 is 1.09 bits per heavy atom. The quantitative estimate of drug-likeness (QED) is 0.781. The minimum absolute atomic E-state index is 0.0294. The molecule has 0 aliphatic carbocycles. The highest BCUT2D eigenvalue weighted by atomic mass is 16.6. The summed E-state index contributed by atoms with van der Waals surface area (Å²) in [6, 6.07) is 5.43. The van der Waals surface area contributed by atoms with Crippen LogP contribution in [0, 0.1) is 6.92 Å². The zero-order valence-electron chi connectivity index (χ0n) is 13.9. The van der Waals surface area contributed by atoms with Crippen molar-refractivity contribution >= 4 is 23.4 Å². The third-order valence-corrected chi connectivity index (χ3v) is 3.09. The van der Waals surface area contributed by atoms with Crippen LogP contribution in [0.3, 0.4) is 0 Å². The largest absolute Gasteiger partial charge is 0.446 e. The number of benzene rings is 1. The maximum atomic E-state index is 11.8. The van der Waals surface area contributed by atoms with E-state index in [2.05, 4.69) is 10.6 Å². The molecule has 0 fully saturated rings. The predicted octanol–water partition coefficient (Wildman–Crippen LogP) is 4.47. The van der Waals surface area contributed by atoms with Crippen molar-refractivity contribution in [2.24, 2.45) is 0 Å². The number of amides is 2. The molecule has 1 aromatic rings. The molecule has 2 N–H and O–H groups in total. The van der Waals surface area contributed by atoms with E-state index in [1.165, 1.54) is 0 Å². The first kappa shape index (κ1) is 18.0. The van der Waals surface area contributed by atoms with Gasteiger partial charge in [-0.05, 0) is 50.5 Å². The van der Waals surface area contributed by atoms with E-state index in [9.17, 15) is 9.59 Å². The van der Waals surface area contributed by atoms with Crippen LogP contribution in [0.4, 0.5) is 16.2 Å². The topological polar surface area (TPSA) is 67.4 Å². The van der Waals surface area contributed by atoms with Crippen molar-refractivity contribution in [2.75, 3.05) is 10.6 Å². The minimum Gasteiger partial charge on any atom is -0.446 e. The third-order valence-electron chi connectivity index (χ3n) is 3.09. The molecule has 5 heteroatoms. The van der Waals surface area contributed by atoms with Crippen molar-refractivity contribution in [2.45, 2.75) is 59.5 Å². The Kier molecular flexibility index (Phi) is 7.43. The summed E-state index contributed by atoms with van der Waals surface area (Å²) in [6.07, 6.45) is 2.49. The first-order valence-electron chi connectivity index (χ1n) is 7.83. The number of carbonyl (C=O) groups excluding carboxylic acids is 2. The van der Waals surface area contributed by atoms with Gasteiger partial charge >= 0.3 is 6.09 Å². The number of anilines is 2. The predicted molar refractivity (Wildman–Crippen MR) is 89.2 cm³/mol. The smallest absolute Gasteiger partial charge is 0.411 e. The lowest BCUT2D eigenvalue weighted by atomic mass is 10.2. The van der Waals surface area contributed by atoms with E-state index in [1.54, 1.807) is 6.07 Å². The molecule has 0 aromatic heterocycles. The van der Waals surface area contributed by atoms with Crippen LogP contribution in [-0.4, -0.2) is 18.1 Å². The molecule has 2 amide bonds. The molecule has 5 nitrogen and oxygen atoms in total. The molecule has 122 valence electrons. The third kappa shape index (κ3) is 6.61. The van der Waals surface area contributed by atoms with Crippen LogP contribution >= 0.6 is 0 Å². The molecule has 0 heterocycles. The van der Waals surface area contributed by atoms with Gasteiger partial charge in [-0.2, -0.15) is 0 Å². The molecular formula is C17H26N2O3. The summed E-state index contributed by atoms with van der Waals surface area (Å²) in [6.45, 7) is 7.78. The van der Waals surface area contributed by atoms with Gasteiger partial charge in [-0.1, -0.05) is 20.3 Å². The van der Waals surface area contributed by atoms with Crippen molar-refractivity contribution in [1.82, 2.24) is 0 Å². The van der Waals surface area contributed by atoms with Gasteiger partial charge in [0.25, 0.3) is 0 Å². The lowest BCUT2D eigenvalue weighted by Gasteiger charge is -2.14. The van der Waals surface area contributed by atoms with E-state index < -0.39 is 6.09 Å². The molecule has 1 unspecified atom stereocenters. The first-order chi connectivity index (χ1) is 10.4. The fourth-order valence-corrected chi connectivity index (χ4v) is 2.17. The van der Waals surface area contributed by atoms with E-state index in [1.807, 2.05) is 39.8 Å². The highest BCUT2D eigenvalue weighted by molar-refractivity contribution is 5.92. The standard InChI is InChI=1S/C17H26N2O3/c1-5-7-13(4)22-17(21)19-15-10-12(3)9-14(11-15)18-16(20)8-6-2/h9-11,13H,5-8H2,1-4H3,(H,18,20)(H,19,21). The summed E-state index contributed by atoms with van der Waals surface area (Å²) in [4.78, 5) is 23.5. The summed E-state index contributed by atoms with van der Waals surface area (Å²) in [5, 5.41) is 5.53. The molecule has 0 aliphatic rings. The van der Waals surface area contributed by atoms with Gasteiger partial charge in [0.15, 0.2) is 0 Å². The Labute approximate surface area is 132 Å². The van der Waals surface area contributed by atoms with Crippen molar-refractivity contribution < 1.29 is 14.3 Å². The Morgan fingerprint density at radius 2 is 1.73 bits per heavy atom. The lowest BCUT2D eigenvalue weighted by Crippen LogP contribution is -2.20. The molecule has 1 aromatic carbocycles. The average molecular weight is 306 g/mol. The van der Waals surface area contributed by atoms with Crippen LogP contribution in [0.5, 0.6) is 0 Å². The molecule has 0 spiro atoms. The van der Waals surface area contributed by atoms with Gasteiger partial charge in [-0.25, -0.2) is 4.79 Å². The van der Waals surface area contributed by atoms with Crippen molar-refractivity contribution in [3.63, 3.8) is 0 Å². The first-order valence-corrected chi connectivity index (χ1v) is 7.83. The zero-order valence-corrected chi connectivity index (χ0v) is 13.9. The van der Waals surface area contributed by atoms with Crippen molar-refractivity contribution in [3.8, 4) is 0 Å². The van der Waals surface area contributed by atoms with E-state index in [0.29, 0.717) is 17.8 Å². The lowest BCUT2D eigenvalue weighted by molar-refractivity contribution is -0.116. The maximum Gasteiger partial charge on any atom is 0.411 e. The normalized spacial score (nSPS) is 11.6. The Bertz CT molecular complexity index is 515. The SMILES string of the molecule is CCCC(=O)Nc1cc(C)cc(NC(=O)OC(C)CCC)c1. The molecular weight excluding hydrogens is 280 g/mol. The summed E-state index contributed by atoms with van der Waals surface area (Å²) in [5.74, 6) is -0.0294. The number of hydrogen-bond donors (Lipinski definition) is 2. The van der Waals surface area contributed by atoms with Crippen LogP contribution in [0.2, 0.25) is 0 Å². The monoisotopic (exact) mass is 306 g/mol. The molecule has 0 radical (unpaired) electrons. The Morgan fingerprint density at radius 3 is 2.32 bits per heavy atom. The summed E-state index contributed by atoms with van der Waals surface area (Å²) < 4.78 is 5.26. The van der Waals surface area contributed by atoms with Gasteiger partial charge in [0.2, 0.25) is 5.91 Å². The van der Waals surface area contributed by atoms with E-state index in [4.69, 9.17) is 4.74 Å². The number of rotatable bonds is 7. The van der Waals surface area contributed by atoms with Gasteiger partial charge < -0.3 is 10.1 Å². The highest BCUT2D eigenvalue weighted by Gasteiger charge is 2.10. The van der Waals surface area contributed by atoms with Gasteiger partial charge in [-0.15, -0.1) is 0 Å². The Balaban J connectivity index is 2.68. The number of nitrogens with one attached hydrogen (secondary N) is 2. The zero-order chi connectivity index (χ0) is 16.5. The molecule has 0 aliphatic heterocycles. The molecule has 1 atom stereocenters. The molecule has 1 rings (SSSR count). The fraction of sp³-hybridized carbons (Fsp3) is 0.529. The molecule has 22 heavy (non-hydrogen) atoms. The minimum atomic E-state index is -0.475. The number of aryl methyl sites for hydroxylation is 1. The van der Waals surface area contributed by atoms with Crippen LogP contribution in [0.15, 0.2) is 18.2 Å². The van der Waals surface area contributed by atoms with Gasteiger partial charge in [0.05, 0.1) is 0 Å². The van der Waals surface area contributed by atoms with Crippen LogP contribution in [-0.2, 0) is 9.53 Å². The van der Waals surface area contributed by atoms with Gasteiger partial charge in [0.1, 0.15) is 6.10 Å².